The first-order valence-corrected chi connectivity index (χ1v) is 8.67. The van der Waals surface area contributed by atoms with Gasteiger partial charge in [0.15, 0.2) is 0 Å². The summed E-state index contributed by atoms with van der Waals surface area (Å²) in [4.78, 5) is 12.7. The number of nitrogens with one attached hydrogen (secondary N) is 2. The molecule has 1 aromatic carbocycles. The van der Waals surface area contributed by atoms with Crippen LogP contribution >= 0.6 is 17.0 Å². The molecule has 4 N–H and O–H groups in total. The van der Waals surface area contributed by atoms with E-state index in [0.29, 0.717) is 6.54 Å². The number of H-pyrrole nitrogens is 1. The van der Waals surface area contributed by atoms with Gasteiger partial charge in [-0.25, -0.2) is 4.98 Å². The van der Waals surface area contributed by atoms with Gasteiger partial charge in [-0.05, 0) is 43.0 Å². The van der Waals surface area contributed by atoms with Crippen molar-refractivity contribution in [3.63, 3.8) is 0 Å². The summed E-state index contributed by atoms with van der Waals surface area (Å²) >= 11 is 0. The van der Waals surface area contributed by atoms with Crippen molar-refractivity contribution in [1.82, 2.24) is 20.3 Å². The number of hydrogen-bond donors (Lipinski definition) is 3. The van der Waals surface area contributed by atoms with E-state index >= 15 is 0 Å². The number of nitrogens with zero attached hydrogens (tertiary/aromatic N) is 2. The maximum atomic E-state index is 6.03. The lowest BCUT2D eigenvalue weighted by Gasteiger charge is -2.29. The van der Waals surface area contributed by atoms with E-state index in [-0.39, 0.29) is 29.1 Å². The molecule has 0 aliphatic heterocycles. The fourth-order valence-corrected chi connectivity index (χ4v) is 3.60. The molecule has 2 unspecified atom stereocenters. The van der Waals surface area contributed by atoms with Crippen LogP contribution in [0.5, 0.6) is 0 Å². The van der Waals surface area contributed by atoms with Crippen LogP contribution < -0.4 is 11.1 Å². The van der Waals surface area contributed by atoms with Crippen molar-refractivity contribution in [3.05, 3.63) is 59.7 Å². The van der Waals surface area contributed by atoms with Gasteiger partial charge in [0, 0.05) is 25.2 Å². The van der Waals surface area contributed by atoms with Crippen LogP contribution in [0, 0.1) is 0 Å². The zero-order valence-corrected chi connectivity index (χ0v) is 15.8. The fraction of sp³-hybridized carbons (Fsp3) is 0.368. The van der Waals surface area contributed by atoms with Crippen LogP contribution in [0.3, 0.4) is 0 Å². The molecule has 5 nitrogen and oxygen atoms in total. The van der Waals surface area contributed by atoms with Crippen LogP contribution in [-0.4, -0.2) is 27.5 Å². The minimum Gasteiger partial charge on any atom is -0.342 e. The molecule has 0 saturated carbocycles. The van der Waals surface area contributed by atoms with E-state index in [1.807, 2.05) is 30.5 Å². The molecule has 0 radical (unpaired) electrons. The number of para-hydroxylation sites is 2. The van der Waals surface area contributed by atoms with E-state index in [1.54, 1.807) is 0 Å². The van der Waals surface area contributed by atoms with Crippen molar-refractivity contribution in [2.75, 3.05) is 6.54 Å². The number of nitrogens with two attached hydrogens (primary N) is 1. The van der Waals surface area contributed by atoms with Crippen molar-refractivity contribution in [1.29, 1.82) is 0 Å². The highest BCUT2D eigenvalue weighted by atomic mass is 79.9. The topological polar surface area (TPSA) is 79.6 Å². The lowest BCUT2D eigenvalue weighted by Crippen LogP contribution is -2.41. The predicted octanol–water partition coefficient (Wildman–Crippen LogP) is 3.07. The van der Waals surface area contributed by atoms with Gasteiger partial charge in [-0.15, -0.1) is 17.0 Å². The van der Waals surface area contributed by atoms with Gasteiger partial charge in [0.05, 0.1) is 22.8 Å². The Balaban J connectivity index is 0.00000182. The molecule has 0 spiro atoms. The third-order valence-electron chi connectivity index (χ3n) is 4.79. The van der Waals surface area contributed by atoms with Gasteiger partial charge < -0.3 is 16.0 Å². The number of rotatable bonds is 5. The second-order valence-electron chi connectivity index (χ2n) is 6.50. The minimum absolute atomic E-state index is 0. The lowest BCUT2D eigenvalue weighted by atomic mass is 9.91. The lowest BCUT2D eigenvalue weighted by molar-refractivity contribution is 0.385. The van der Waals surface area contributed by atoms with E-state index in [1.165, 1.54) is 17.7 Å². The van der Waals surface area contributed by atoms with Gasteiger partial charge in [-0.3, -0.25) is 4.98 Å². The van der Waals surface area contributed by atoms with E-state index in [0.717, 1.165) is 36.1 Å². The number of benzene rings is 1. The largest absolute Gasteiger partial charge is 0.342 e. The van der Waals surface area contributed by atoms with E-state index < -0.39 is 0 Å². The first-order chi connectivity index (χ1) is 11.8. The Bertz CT molecular complexity index is 798. The molecule has 0 bridgehead atoms. The molecule has 0 saturated heterocycles. The van der Waals surface area contributed by atoms with Crippen LogP contribution in [0.2, 0.25) is 0 Å². The number of hydrogen-bond acceptors (Lipinski definition) is 4. The molecule has 25 heavy (non-hydrogen) atoms. The summed E-state index contributed by atoms with van der Waals surface area (Å²) in [5.41, 5.74) is 10.7. The molecule has 132 valence electrons. The third kappa shape index (κ3) is 3.92. The van der Waals surface area contributed by atoms with Gasteiger partial charge in [-0.1, -0.05) is 18.2 Å². The summed E-state index contributed by atoms with van der Waals surface area (Å²) in [5, 5.41) is 3.71. The zero-order chi connectivity index (χ0) is 16.4. The third-order valence-corrected chi connectivity index (χ3v) is 4.79. The summed E-state index contributed by atoms with van der Waals surface area (Å²) in [5.74, 6) is 0.983. The van der Waals surface area contributed by atoms with Gasteiger partial charge in [-0.2, -0.15) is 0 Å². The molecule has 1 aliphatic rings. The monoisotopic (exact) mass is 401 g/mol. The maximum Gasteiger partial charge on any atom is 0.108 e. The van der Waals surface area contributed by atoms with E-state index in [4.69, 9.17) is 5.73 Å². The molecule has 2 heterocycles. The number of pyridine rings is 1. The smallest absolute Gasteiger partial charge is 0.108 e. The maximum absolute atomic E-state index is 6.03. The number of aryl methyl sites for hydroxylation is 1. The Morgan fingerprint density at radius 3 is 2.96 bits per heavy atom. The quantitative estimate of drug-likeness (QED) is 0.613. The second-order valence-corrected chi connectivity index (χ2v) is 6.50. The predicted molar refractivity (Wildman–Crippen MR) is 106 cm³/mol. The Hall–Kier alpha value is -1.76. The molecule has 6 heteroatoms. The van der Waals surface area contributed by atoms with Gasteiger partial charge in [0.25, 0.3) is 0 Å². The first-order valence-electron chi connectivity index (χ1n) is 8.67. The molecule has 0 amide bonds. The second kappa shape index (κ2) is 8.08. The van der Waals surface area contributed by atoms with Gasteiger partial charge in [0.2, 0.25) is 0 Å². The highest BCUT2D eigenvalue weighted by molar-refractivity contribution is 8.93. The summed E-state index contributed by atoms with van der Waals surface area (Å²) in [6, 6.07) is 12.8. The SMILES string of the molecule is Br.NCC(Cc1nc2ccccc2[nH]1)NC1CCCc2cccnc21. The van der Waals surface area contributed by atoms with Crippen LogP contribution in [0.4, 0.5) is 0 Å². The first kappa shape index (κ1) is 18.0. The Kier molecular flexibility index (Phi) is 5.83. The number of fused-ring (bicyclic) bond motifs is 2. The molecule has 3 aromatic rings. The highest BCUT2D eigenvalue weighted by Gasteiger charge is 2.24. The van der Waals surface area contributed by atoms with Gasteiger partial charge >= 0.3 is 0 Å². The average molecular weight is 402 g/mol. The van der Waals surface area contributed by atoms with Crippen LogP contribution in [0.15, 0.2) is 42.6 Å². The van der Waals surface area contributed by atoms with Crippen LogP contribution in [0.1, 0.15) is 36.0 Å². The van der Waals surface area contributed by atoms with Gasteiger partial charge in [0.1, 0.15) is 5.82 Å². The van der Waals surface area contributed by atoms with Crippen LogP contribution in [0.25, 0.3) is 11.0 Å². The summed E-state index contributed by atoms with van der Waals surface area (Å²) < 4.78 is 0. The number of halogens is 1. The van der Waals surface area contributed by atoms with E-state index in [2.05, 4.69) is 32.4 Å². The van der Waals surface area contributed by atoms with Crippen molar-refractivity contribution in [2.24, 2.45) is 5.73 Å². The molecule has 2 atom stereocenters. The number of aromatic amines is 1. The van der Waals surface area contributed by atoms with Crippen molar-refractivity contribution >= 4 is 28.0 Å². The number of imidazole rings is 1. The average Bonchev–Trinajstić information content (AvgIpc) is 3.03. The summed E-state index contributed by atoms with van der Waals surface area (Å²) in [7, 11) is 0. The van der Waals surface area contributed by atoms with Crippen molar-refractivity contribution in [2.45, 2.75) is 37.8 Å². The fourth-order valence-electron chi connectivity index (χ4n) is 3.60. The zero-order valence-electron chi connectivity index (χ0n) is 14.1. The number of aromatic nitrogens is 3. The Labute approximate surface area is 158 Å². The Morgan fingerprint density at radius 2 is 2.12 bits per heavy atom. The molecular formula is C19H24BrN5. The molecule has 4 rings (SSSR count). The Morgan fingerprint density at radius 1 is 1.24 bits per heavy atom. The highest BCUT2D eigenvalue weighted by Crippen LogP contribution is 2.28. The molecule has 1 aliphatic carbocycles. The normalized spacial score (nSPS) is 17.7. The standard InChI is InChI=1S/C19H23N5.BrH/c20-12-14(11-18-23-15-7-1-2-8-16(15)24-18)22-17-9-3-5-13-6-4-10-21-19(13)17;/h1-2,4,6-8,10,14,17,22H,3,5,9,11-12,20H2,(H,23,24);1H. The van der Waals surface area contributed by atoms with Crippen molar-refractivity contribution in [3.8, 4) is 0 Å². The summed E-state index contributed by atoms with van der Waals surface area (Å²) in [6.45, 7) is 0.579. The summed E-state index contributed by atoms with van der Waals surface area (Å²) in [6.07, 6.45) is 6.11. The van der Waals surface area contributed by atoms with Crippen molar-refractivity contribution < 1.29 is 0 Å². The molecule has 0 fully saturated rings. The molecule has 2 aromatic heterocycles. The molecular weight excluding hydrogens is 378 g/mol. The van der Waals surface area contributed by atoms with E-state index in [9.17, 15) is 0 Å². The minimum atomic E-state index is 0. The van der Waals surface area contributed by atoms with Crippen LogP contribution in [-0.2, 0) is 12.8 Å².